The Balaban J connectivity index is 2.12. The number of ketones is 1. The summed E-state index contributed by atoms with van der Waals surface area (Å²) in [6.45, 7) is 7.35. The summed E-state index contributed by atoms with van der Waals surface area (Å²) in [5.41, 5.74) is 2.31. The second-order valence-corrected chi connectivity index (χ2v) is 6.23. The van der Waals surface area contributed by atoms with E-state index in [1.54, 1.807) is 18.7 Å². The lowest BCUT2D eigenvalue weighted by Crippen LogP contribution is -2.27. The van der Waals surface area contributed by atoms with Gasteiger partial charge in [-0.25, -0.2) is 4.68 Å². The SMILES string of the molecule is COc1cc([C@H]2C(C(C)=O)=C(C)Nc3ncnn32)ccc1OC(C)C. The number of anilines is 1. The summed E-state index contributed by atoms with van der Waals surface area (Å²) in [5.74, 6) is 1.87. The molecule has 0 amide bonds. The van der Waals surface area contributed by atoms with Crippen LogP contribution in [0.15, 0.2) is 35.8 Å². The summed E-state index contributed by atoms with van der Waals surface area (Å²) in [6.07, 6.45) is 1.51. The van der Waals surface area contributed by atoms with E-state index in [0.29, 0.717) is 23.0 Å². The number of hydrogen-bond acceptors (Lipinski definition) is 6. The summed E-state index contributed by atoms with van der Waals surface area (Å²) < 4.78 is 13.0. The van der Waals surface area contributed by atoms with Gasteiger partial charge in [0.25, 0.3) is 0 Å². The van der Waals surface area contributed by atoms with Crippen LogP contribution < -0.4 is 14.8 Å². The molecule has 1 aliphatic heterocycles. The number of rotatable bonds is 5. The number of ether oxygens (including phenoxy) is 2. The number of nitrogens with one attached hydrogen (secondary N) is 1. The first-order valence-corrected chi connectivity index (χ1v) is 8.15. The number of benzene rings is 1. The Morgan fingerprint density at radius 3 is 2.72 bits per heavy atom. The molecule has 0 saturated heterocycles. The molecule has 1 atom stereocenters. The molecule has 2 heterocycles. The van der Waals surface area contributed by atoms with Crippen LogP contribution >= 0.6 is 0 Å². The maximum atomic E-state index is 12.3. The molecule has 3 rings (SSSR count). The molecule has 0 aliphatic carbocycles. The smallest absolute Gasteiger partial charge is 0.226 e. The zero-order chi connectivity index (χ0) is 18.1. The van der Waals surface area contributed by atoms with Gasteiger partial charge in [-0.3, -0.25) is 4.79 Å². The van der Waals surface area contributed by atoms with E-state index in [9.17, 15) is 4.79 Å². The van der Waals surface area contributed by atoms with Crippen molar-refractivity contribution in [1.82, 2.24) is 14.8 Å². The van der Waals surface area contributed by atoms with Crippen LogP contribution in [0.25, 0.3) is 0 Å². The molecular weight excluding hydrogens is 320 g/mol. The molecule has 7 nitrogen and oxygen atoms in total. The fraction of sp³-hybridized carbons (Fsp3) is 0.389. The largest absolute Gasteiger partial charge is 0.493 e. The maximum absolute atomic E-state index is 12.3. The molecular formula is C18H22N4O3. The van der Waals surface area contributed by atoms with Crippen LogP contribution in [0.1, 0.15) is 39.3 Å². The monoisotopic (exact) mass is 342 g/mol. The lowest BCUT2D eigenvalue weighted by atomic mass is 9.93. The topological polar surface area (TPSA) is 78.3 Å². The predicted octanol–water partition coefficient (Wildman–Crippen LogP) is 2.95. The number of carbonyl (C=O) groups is 1. The van der Waals surface area contributed by atoms with E-state index < -0.39 is 0 Å². The molecule has 132 valence electrons. The Kier molecular flexibility index (Phi) is 4.48. The van der Waals surface area contributed by atoms with Gasteiger partial charge in [0.15, 0.2) is 17.3 Å². The fourth-order valence-electron chi connectivity index (χ4n) is 3.06. The van der Waals surface area contributed by atoms with E-state index in [4.69, 9.17) is 9.47 Å². The molecule has 0 saturated carbocycles. The predicted molar refractivity (Wildman–Crippen MR) is 93.9 cm³/mol. The van der Waals surface area contributed by atoms with Gasteiger partial charge >= 0.3 is 0 Å². The first-order chi connectivity index (χ1) is 11.9. The highest BCUT2D eigenvalue weighted by atomic mass is 16.5. The molecule has 0 fully saturated rings. The first kappa shape index (κ1) is 17.0. The average Bonchev–Trinajstić information content (AvgIpc) is 3.01. The second kappa shape index (κ2) is 6.58. The van der Waals surface area contributed by atoms with Gasteiger partial charge in [0, 0.05) is 11.3 Å². The molecule has 0 bridgehead atoms. The number of carbonyl (C=O) groups excluding carboxylic acids is 1. The van der Waals surface area contributed by atoms with Crippen LogP contribution in [0, 0.1) is 0 Å². The lowest BCUT2D eigenvalue weighted by molar-refractivity contribution is -0.114. The fourth-order valence-corrected chi connectivity index (χ4v) is 3.06. The van der Waals surface area contributed by atoms with Crippen molar-refractivity contribution in [1.29, 1.82) is 0 Å². The van der Waals surface area contributed by atoms with Crippen molar-refractivity contribution in [2.24, 2.45) is 0 Å². The molecule has 25 heavy (non-hydrogen) atoms. The molecule has 7 heteroatoms. The van der Waals surface area contributed by atoms with Crippen molar-refractivity contribution in [3.8, 4) is 11.5 Å². The normalized spacial score (nSPS) is 16.5. The van der Waals surface area contributed by atoms with Crippen LogP contribution in [0.5, 0.6) is 11.5 Å². The Morgan fingerprint density at radius 1 is 1.32 bits per heavy atom. The molecule has 1 N–H and O–H groups in total. The molecule has 0 spiro atoms. The number of Topliss-reactive ketones (excluding diaryl/α,β-unsaturated/α-hetero) is 1. The molecule has 1 aromatic carbocycles. The third kappa shape index (κ3) is 3.09. The highest BCUT2D eigenvalue weighted by molar-refractivity contribution is 5.96. The number of methoxy groups -OCH3 is 1. The average molecular weight is 342 g/mol. The van der Waals surface area contributed by atoms with Crippen LogP contribution in [0.3, 0.4) is 0 Å². The van der Waals surface area contributed by atoms with E-state index >= 15 is 0 Å². The van der Waals surface area contributed by atoms with Crippen LogP contribution in [0.4, 0.5) is 5.95 Å². The summed E-state index contributed by atoms with van der Waals surface area (Å²) in [7, 11) is 1.60. The van der Waals surface area contributed by atoms with Gasteiger partial charge in [0.05, 0.1) is 13.2 Å². The van der Waals surface area contributed by atoms with E-state index in [-0.39, 0.29) is 17.9 Å². The van der Waals surface area contributed by atoms with E-state index in [2.05, 4.69) is 15.4 Å². The van der Waals surface area contributed by atoms with E-state index in [1.807, 2.05) is 39.0 Å². The van der Waals surface area contributed by atoms with Crippen LogP contribution in [-0.2, 0) is 4.79 Å². The van der Waals surface area contributed by atoms with Gasteiger partial charge in [-0.1, -0.05) is 6.07 Å². The summed E-state index contributed by atoms with van der Waals surface area (Å²) >= 11 is 0. The molecule has 1 aliphatic rings. The van der Waals surface area contributed by atoms with Crippen molar-refractivity contribution in [2.75, 3.05) is 12.4 Å². The van der Waals surface area contributed by atoms with Crippen molar-refractivity contribution in [2.45, 2.75) is 39.8 Å². The highest BCUT2D eigenvalue weighted by Gasteiger charge is 2.32. The van der Waals surface area contributed by atoms with Crippen molar-refractivity contribution in [3.05, 3.63) is 41.4 Å². The van der Waals surface area contributed by atoms with Gasteiger partial charge in [-0.15, -0.1) is 0 Å². The van der Waals surface area contributed by atoms with Gasteiger partial charge in [0.2, 0.25) is 5.95 Å². The number of fused-ring (bicyclic) bond motifs is 1. The third-order valence-electron chi connectivity index (χ3n) is 4.04. The quantitative estimate of drug-likeness (QED) is 0.900. The van der Waals surface area contributed by atoms with Gasteiger partial charge < -0.3 is 14.8 Å². The van der Waals surface area contributed by atoms with Crippen molar-refractivity contribution < 1.29 is 14.3 Å². The van der Waals surface area contributed by atoms with Gasteiger partial charge in [0.1, 0.15) is 12.4 Å². The summed E-state index contributed by atoms with van der Waals surface area (Å²) in [5, 5.41) is 7.42. The number of hydrogen-bond donors (Lipinski definition) is 1. The summed E-state index contributed by atoms with van der Waals surface area (Å²) in [6, 6.07) is 5.31. The van der Waals surface area contributed by atoms with E-state index in [1.165, 1.54) is 6.33 Å². The minimum atomic E-state index is -0.363. The Hall–Kier alpha value is -2.83. The minimum absolute atomic E-state index is 0.0161. The second-order valence-electron chi connectivity index (χ2n) is 6.23. The van der Waals surface area contributed by atoms with E-state index in [0.717, 1.165) is 11.3 Å². The van der Waals surface area contributed by atoms with Gasteiger partial charge in [-0.2, -0.15) is 10.1 Å². The van der Waals surface area contributed by atoms with Crippen molar-refractivity contribution in [3.63, 3.8) is 0 Å². The first-order valence-electron chi connectivity index (χ1n) is 8.15. The Labute approximate surface area is 146 Å². The van der Waals surface area contributed by atoms with Crippen LogP contribution in [0.2, 0.25) is 0 Å². The Morgan fingerprint density at radius 2 is 2.08 bits per heavy atom. The molecule has 0 radical (unpaired) electrons. The van der Waals surface area contributed by atoms with Gasteiger partial charge in [-0.05, 0) is 45.4 Å². The third-order valence-corrected chi connectivity index (χ3v) is 4.04. The summed E-state index contributed by atoms with van der Waals surface area (Å²) in [4.78, 5) is 16.5. The van der Waals surface area contributed by atoms with Crippen LogP contribution in [-0.4, -0.2) is 33.8 Å². The zero-order valence-corrected chi connectivity index (χ0v) is 15.0. The zero-order valence-electron chi connectivity index (χ0n) is 15.0. The Bertz CT molecular complexity index is 839. The highest BCUT2D eigenvalue weighted by Crippen LogP contribution is 2.38. The number of nitrogens with zero attached hydrogens (tertiary/aromatic N) is 3. The lowest BCUT2D eigenvalue weighted by Gasteiger charge is -2.28. The standard InChI is InChI=1S/C18H22N4O3/c1-10(2)25-14-7-6-13(8-15(14)24-5)17-16(12(4)23)11(3)21-18-19-9-20-22(17)18/h6-10,17H,1-5H3,(H,19,20,21)/t17-/m0/s1. The molecule has 1 aromatic heterocycles. The maximum Gasteiger partial charge on any atom is 0.226 e. The molecule has 0 unspecified atom stereocenters. The molecule has 2 aromatic rings. The minimum Gasteiger partial charge on any atom is -0.493 e. The number of aromatic nitrogens is 3. The number of allylic oxidation sites excluding steroid dienone is 2. The van der Waals surface area contributed by atoms with Crippen molar-refractivity contribution >= 4 is 11.7 Å².